The van der Waals surface area contributed by atoms with Crippen LogP contribution < -0.4 is 0 Å². The number of aryl methyl sites for hydroxylation is 1. The van der Waals surface area contributed by atoms with Crippen molar-refractivity contribution in [1.82, 2.24) is 14.8 Å². The molecule has 4 nitrogen and oxygen atoms in total. The molecule has 1 N–H and O–H groups in total. The molecule has 0 saturated carbocycles. The second kappa shape index (κ2) is 5.95. The topological polar surface area (TPSA) is 50.9 Å². The Morgan fingerprint density at radius 1 is 1.29 bits per heavy atom. The number of fused-ring (bicyclic) bond motifs is 1. The lowest BCUT2D eigenvalue weighted by atomic mass is 10.0. The van der Waals surface area contributed by atoms with Gasteiger partial charge >= 0.3 is 0 Å². The van der Waals surface area contributed by atoms with Gasteiger partial charge in [0.15, 0.2) is 0 Å². The monoisotopic (exact) mass is 345 g/mol. The van der Waals surface area contributed by atoms with Crippen LogP contribution in [0, 0.1) is 0 Å². The maximum atomic E-state index is 10.8. The molecule has 2 aromatic heterocycles. The highest BCUT2D eigenvalue weighted by atomic mass is 79.9. The van der Waals surface area contributed by atoms with Crippen LogP contribution in [0.5, 0.6) is 0 Å². The number of aliphatic hydroxyl groups excluding tert-OH is 1. The molecule has 0 spiro atoms. The zero-order valence-corrected chi connectivity index (χ0v) is 13.3. The number of hydrogen-bond donors (Lipinski definition) is 1. The van der Waals surface area contributed by atoms with E-state index in [1.807, 2.05) is 35.0 Å². The number of aliphatic hydroxyl groups is 1. The Morgan fingerprint density at radius 3 is 2.95 bits per heavy atom. The van der Waals surface area contributed by atoms with Gasteiger partial charge in [0.05, 0.1) is 21.9 Å². The summed E-state index contributed by atoms with van der Waals surface area (Å²) in [6.07, 6.45) is 3.72. The molecular weight excluding hydrogens is 330 g/mol. The molecule has 3 rings (SSSR count). The molecule has 0 amide bonds. The van der Waals surface area contributed by atoms with Crippen LogP contribution in [0.3, 0.4) is 0 Å². The normalized spacial score (nSPS) is 12.7. The van der Waals surface area contributed by atoms with Crippen LogP contribution in [0.4, 0.5) is 0 Å². The lowest BCUT2D eigenvalue weighted by Crippen LogP contribution is -2.11. The number of rotatable bonds is 4. The summed E-state index contributed by atoms with van der Waals surface area (Å²) in [7, 11) is 0. The zero-order chi connectivity index (χ0) is 14.8. The minimum Gasteiger partial charge on any atom is -0.382 e. The van der Waals surface area contributed by atoms with Gasteiger partial charge in [-0.25, -0.2) is 0 Å². The summed E-state index contributed by atoms with van der Waals surface area (Å²) in [6, 6.07) is 9.67. The van der Waals surface area contributed by atoms with Crippen LogP contribution in [0.2, 0.25) is 0 Å². The molecule has 1 atom stereocenters. The van der Waals surface area contributed by atoms with Crippen molar-refractivity contribution in [3.8, 4) is 0 Å². The lowest BCUT2D eigenvalue weighted by molar-refractivity contribution is 0.208. The van der Waals surface area contributed by atoms with Crippen molar-refractivity contribution in [2.24, 2.45) is 0 Å². The van der Waals surface area contributed by atoms with Crippen LogP contribution in [0.1, 0.15) is 30.7 Å². The first kappa shape index (κ1) is 14.2. The Morgan fingerprint density at radius 2 is 2.14 bits per heavy atom. The van der Waals surface area contributed by atoms with Crippen LogP contribution in [0.15, 0.2) is 47.2 Å². The third-order valence-corrected chi connectivity index (χ3v) is 4.11. The second-order valence-electron chi connectivity index (χ2n) is 4.92. The summed E-state index contributed by atoms with van der Waals surface area (Å²) in [6.45, 7) is 2.87. The lowest BCUT2D eigenvalue weighted by Gasteiger charge is -2.16. The fourth-order valence-electron chi connectivity index (χ4n) is 2.55. The van der Waals surface area contributed by atoms with Gasteiger partial charge in [0.25, 0.3) is 0 Å². The smallest absolute Gasteiger partial charge is 0.122 e. The maximum absolute atomic E-state index is 10.8. The van der Waals surface area contributed by atoms with E-state index >= 15 is 0 Å². The van der Waals surface area contributed by atoms with E-state index in [0.29, 0.717) is 0 Å². The van der Waals surface area contributed by atoms with Crippen LogP contribution in [-0.2, 0) is 6.54 Å². The van der Waals surface area contributed by atoms with Crippen molar-refractivity contribution in [1.29, 1.82) is 0 Å². The van der Waals surface area contributed by atoms with Crippen molar-refractivity contribution in [2.45, 2.75) is 26.0 Å². The standard InChI is InChI=1S/C16H16BrN3O/c1-2-9-20-15(13(17)10-19-20)16(21)12-5-3-7-14-11(12)6-4-8-18-14/h3-8,10,16,21H,2,9H2,1H3. The first-order chi connectivity index (χ1) is 10.2. The van der Waals surface area contributed by atoms with E-state index in [9.17, 15) is 5.11 Å². The molecule has 108 valence electrons. The summed E-state index contributed by atoms with van der Waals surface area (Å²) in [5, 5.41) is 16.1. The van der Waals surface area contributed by atoms with Gasteiger partial charge in [-0.05, 0) is 40.0 Å². The third-order valence-electron chi connectivity index (χ3n) is 3.50. The fourth-order valence-corrected chi connectivity index (χ4v) is 3.06. The largest absolute Gasteiger partial charge is 0.382 e. The highest BCUT2D eigenvalue weighted by molar-refractivity contribution is 9.10. The summed E-state index contributed by atoms with van der Waals surface area (Å²) in [4.78, 5) is 4.34. The first-order valence-electron chi connectivity index (χ1n) is 6.95. The highest BCUT2D eigenvalue weighted by Crippen LogP contribution is 2.32. The number of aromatic nitrogens is 3. The molecule has 1 aromatic carbocycles. The first-order valence-corrected chi connectivity index (χ1v) is 7.74. The van der Waals surface area contributed by atoms with E-state index in [1.165, 1.54) is 0 Å². The van der Waals surface area contributed by atoms with Crippen molar-refractivity contribution < 1.29 is 5.11 Å². The predicted octanol–water partition coefficient (Wildman–Crippen LogP) is 3.69. The average Bonchev–Trinajstić information content (AvgIpc) is 2.87. The molecule has 0 aliphatic carbocycles. The SMILES string of the molecule is CCCn1ncc(Br)c1C(O)c1cccc2ncccc12. The molecule has 21 heavy (non-hydrogen) atoms. The molecule has 0 aliphatic heterocycles. The predicted molar refractivity (Wildman–Crippen MR) is 86.0 cm³/mol. The molecule has 1 unspecified atom stereocenters. The van der Waals surface area contributed by atoms with E-state index < -0.39 is 6.10 Å². The number of benzene rings is 1. The zero-order valence-electron chi connectivity index (χ0n) is 11.7. The van der Waals surface area contributed by atoms with Gasteiger partial charge < -0.3 is 5.11 Å². The fraction of sp³-hybridized carbons (Fsp3) is 0.250. The van der Waals surface area contributed by atoms with Gasteiger partial charge in [0.2, 0.25) is 0 Å². The molecule has 5 heteroatoms. The molecular formula is C16H16BrN3O. The minimum absolute atomic E-state index is 0.735. The van der Waals surface area contributed by atoms with Crippen LogP contribution in [-0.4, -0.2) is 19.9 Å². The van der Waals surface area contributed by atoms with Gasteiger partial charge in [-0.15, -0.1) is 0 Å². The number of halogens is 1. The van der Waals surface area contributed by atoms with Crippen molar-refractivity contribution >= 4 is 26.8 Å². The summed E-state index contributed by atoms with van der Waals surface area (Å²) >= 11 is 3.49. The van der Waals surface area contributed by atoms with Gasteiger partial charge in [-0.2, -0.15) is 5.10 Å². The van der Waals surface area contributed by atoms with Crippen molar-refractivity contribution in [3.05, 3.63) is 58.5 Å². The number of hydrogen-bond acceptors (Lipinski definition) is 3. The molecule has 0 fully saturated rings. The summed E-state index contributed by atoms with van der Waals surface area (Å²) < 4.78 is 2.67. The Kier molecular flexibility index (Phi) is 4.03. The Labute approximate surface area is 131 Å². The number of pyridine rings is 1. The van der Waals surface area contributed by atoms with Gasteiger partial charge in [-0.3, -0.25) is 9.67 Å². The quantitative estimate of drug-likeness (QED) is 0.784. The Bertz CT molecular complexity index is 764. The Balaban J connectivity index is 2.13. The van der Waals surface area contributed by atoms with E-state index in [1.54, 1.807) is 12.4 Å². The second-order valence-corrected chi connectivity index (χ2v) is 5.78. The van der Waals surface area contributed by atoms with Crippen LogP contribution in [0.25, 0.3) is 10.9 Å². The van der Waals surface area contributed by atoms with Crippen molar-refractivity contribution in [3.63, 3.8) is 0 Å². The van der Waals surface area contributed by atoms with E-state index in [4.69, 9.17) is 0 Å². The summed E-state index contributed by atoms with van der Waals surface area (Å²) in [5.74, 6) is 0. The molecule has 0 aliphatic rings. The molecule has 3 aromatic rings. The van der Waals surface area contributed by atoms with E-state index in [2.05, 4.69) is 32.9 Å². The summed E-state index contributed by atoms with van der Waals surface area (Å²) in [5.41, 5.74) is 2.51. The number of nitrogens with zero attached hydrogens (tertiary/aromatic N) is 3. The molecule has 0 bridgehead atoms. The van der Waals surface area contributed by atoms with Gasteiger partial charge in [-0.1, -0.05) is 25.1 Å². The average molecular weight is 346 g/mol. The van der Waals surface area contributed by atoms with E-state index in [-0.39, 0.29) is 0 Å². The maximum Gasteiger partial charge on any atom is 0.122 e. The van der Waals surface area contributed by atoms with Gasteiger partial charge in [0.1, 0.15) is 6.10 Å². The van der Waals surface area contributed by atoms with E-state index in [0.717, 1.165) is 39.6 Å². The molecule has 2 heterocycles. The van der Waals surface area contributed by atoms with Gasteiger partial charge in [0, 0.05) is 18.1 Å². The highest BCUT2D eigenvalue weighted by Gasteiger charge is 2.21. The minimum atomic E-state index is -0.735. The molecule has 0 saturated heterocycles. The third kappa shape index (κ3) is 2.59. The molecule has 0 radical (unpaired) electrons. The van der Waals surface area contributed by atoms with Crippen molar-refractivity contribution in [2.75, 3.05) is 0 Å². The van der Waals surface area contributed by atoms with Crippen LogP contribution >= 0.6 is 15.9 Å². The Hall–Kier alpha value is -1.72.